The second-order valence-electron chi connectivity index (χ2n) is 7.92. The van der Waals surface area contributed by atoms with E-state index >= 15 is 0 Å². The summed E-state index contributed by atoms with van der Waals surface area (Å²) in [5, 5.41) is 4.15. The van der Waals surface area contributed by atoms with Gasteiger partial charge >= 0.3 is 0 Å². The van der Waals surface area contributed by atoms with E-state index in [0.717, 1.165) is 18.5 Å². The Balaban J connectivity index is 1.54. The Morgan fingerprint density at radius 2 is 1.78 bits per heavy atom. The normalized spacial score (nSPS) is 19.4. The van der Waals surface area contributed by atoms with Gasteiger partial charge in [0.15, 0.2) is 0 Å². The number of fused-ring (bicyclic) bond motifs is 1. The Morgan fingerprint density at radius 1 is 1.07 bits per heavy atom. The van der Waals surface area contributed by atoms with E-state index in [4.69, 9.17) is 0 Å². The third-order valence-electron chi connectivity index (χ3n) is 5.79. The summed E-state index contributed by atoms with van der Waals surface area (Å²) in [6.45, 7) is 0. The molecular weight excluding hydrogens is 361 g/mol. The fourth-order valence-electron chi connectivity index (χ4n) is 4.33. The van der Waals surface area contributed by atoms with Gasteiger partial charge in [0, 0.05) is 17.0 Å². The number of aromatic amines is 1. The first kappa shape index (κ1) is 18.8. The summed E-state index contributed by atoms with van der Waals surface area (Å²) in [6.07, 6.45) is 12.3. The highest BCUT2D eigenvalue weighted by Gasteiger charge is 2.17. The molecule has 2 aliphatic rings. The highest BCUT2D eigenvalue weighted by molar-refractivity contribution is 7.99. The number of rotatable bonds is 5. The van der Waals surface area contributed by atoms with Crippen molar-refractivity contribution in [3.05, 3.63) is 34.1 Å². The van der Waals surface area contributed by atoms with Gasteiger partial charge in [-0.15, -0.1) is 0 Å². The van der Waals surface area contributed by atoms with Crippen molar-refractivity contribution in [1.82, 2.24) is 9.97 Å². The van der Waals surface area contributed by atoms with Crippen molar-refractivity contribution in [2.75, 3.05) is 5.32 Å². The highest BCUT2D eigenvalue weighted by atomic mass is 32.2. The van der Waals surface area contributed by atoms with Crippen molar-refractivity contribution in [3.8, 4) is 0 Å². The first-order chi connectivity index (χ1) is 13.2. The Hall–Kier alpha value is -1.56. The zero-order valence-electron chi connectivity index (χ0n) is 15.7. The summed E-state index contributed by atoms with van der Waals surface area (Å²) >= 11 is 1.86. The molecule has 1 aromatic carbocycles. The minimum Gasteiger partial charge on any atom is -0.382 e. The second kappa shape index (κ2) is 8.63. The van der Waals surface area contributed by atoms with Gasteiger partial charge in [-0.3, -0.25) is 4.79 Å². The maximum Gasteiger partial charge on any atom is 0.261 e. The van der Waals surface area contributed by atoms with Crippen molar-refractivity contribution in [2.45, 2.75) is 81.3 Å². The fourth-order valence-corrected chi connectivity index (χ4v) is 5.53. The molecular formula is C21H28FN3OS. The fraction of sp³-hybridized carbons (Fsp3) is 0.619. The average Bonchev–Trinajstić information content (AvgIpc) is 2.67. The molecule has 2 N–H and O–H groups in total. The van der Waals surface area contributed by atoms with Gasteiger partial charge in [0.1, 0.15) is 17.0 Å². The Morgan fingerprint density at radius 3 is 2.52 bits per heavy atom. The average molecular weight is 390 g/mol. The zero-order chi connectivity index (χ0) is 18.6. The second-order valence-corrected chi connectivity index (χ2v) is 9.20. The topological polar surface area (TPSA) is 57.8 Å². The van der Waals surface area contributed by atoms with Crippen molar-refractivity contribution in [3.63, 3.8) is 0 Å². The smallest absolute Gasteiger partial charge is 0.261 e. The van der Waals surface area contributed by atoms with E-state index in [1.165, 1.54) is 57.4 Å². The summed E-state index contributed by atoms with van der Waals surface area (Å²) in [7, 11) is 0. The Bertz CT molecular complexity index is 841. The number of halogens is 1. The van der Waals surface area contributed by atoms with Gasteiger partial charge in [-0.25, -0.2) is 9.37 Å². The van der Waals surface area contributed by atoms with Crippen LogP contribution < -0.4 is 10.9 Å². The molecule has 1 heterocycles. The van der Waals surface area contributed by atoms with Gasteiger partial charge in [-0.1, -0.05) is 38.5 Å². The van der Waals surface area contributed by atoms with Crippen LogP contribution in [0.5, 0.6) is 0 Å². The molecule has 0 unspecified atom stereocenters. The van der Waals surface area contributed by atoms with Crippen LogP contribution in [0.4, 0.5) is 10.1 Å². The molecule has 0 radical (unpaired) electrons. The number of thioether (sulfide) groups is 1. The third kappa shape index (κ3) is 4.65. The third-order valence-corrected chi connectivity index (χ3v) is 7.18. The van der Waals surface area contributed by atoms with Gasteiger partial charge in [0.25, 0.3) is 5.56 Å². The van der Waals surface area contributed by atoms with Crippen LogP contribution in [0, 0.1) is 5.82 Å². The standard InChI is InChI=1S/C21H28FN3OS/c22-17-11-15(23-14-7-3-1-4-8-14)12-18-20(17)21(26)25-19(24-18)13-27-16-9-5-2-6-10-16/h11-12,14,16,23H,1-10,13H2,(H,24,25,26). The summed E-state index contributed by atoms with van der Waals surface area (Å²) in [4.78, 5) is 19.8. The molecule has 6 heteroatoms. The number of H-pyrrole nitrogens is 1. The van der Waals surface area contributed by atoms with E-state index in [1.54, 1.807) is 0 Å². The Labute approximate surface area is 163 Å². The van der Waals surface area contributed by atoms with Crippen LogP contribution >= 0.6 is 11.8 Å². The molecule has 2 fully saturated rings. The quantitative estimate of drug-likeness (QED) is 0.721. The molecule has 146 valence electrons. The number of nitrogens with zero attached hydrogens (tertiary/aromatic N) is 1. The lowest BCUT2D eigenvalue weighted by Crippen LogP contribution is -2.22. The van der Waals surface area contributed by atoms with Gasteiger partial charge in [0.2, 0.25) is 0 Å². The van der Waals surface area contributed by atoms with Crippen LogP contribution in [0.25, 0.3) is 10.9 Å². The number of nitrogens with one attached hydrogen (secondary N) is 2. The maximum atomic E-state index is 14.6. The summed E-state index contributed by atoms with van der Waals surface area (Å²) in [5.41, 5.74) is 0.813. The maximum absolute atomic E-state index is 14.6. The molecule has 2 saturated carbocycles. The minimum absolute atomic E-state index is 0.0654. The first-order valence-electron chi connectivity index (χ1n) is 10.3. The van der Waals surface area contributed by atoms with Crippen LogP contribution in [0.1, 0.15) is 70.0 Å². The summed E-state index contributed by atoms with van der Waals surface area (Å²) < 4.78 is 14.6. The van der Waals surface area contributed by atoms with E-state index in [2.05, 4.69) is 15.3 Å². The lowest BCUT2D eigenvalue weighted by molar-refractivity contribution is 0.462. The van der Waals surface area contributed by atoms with Crippen LogP contribution in [-0.2, 0) is 5.75 Å². The molecule has 0 aliphatic heterocycles. The molecule has 2 aliphatic carbocycles. The summed E-state index contributed by atoms with van der Waals surface area (Å²) in [5.74, 6) is 0.834. The van der Waals surface area contributed by atoms with E-state index in [-0.39, 0.29) is 10.9 Å². The molecule has 0 bridgehead atoms. The minimum atomic E-state index is -0.494. The van der Waals surface area contributed by atoms with Gasteiger partial charge in [-0.2, -0.15) is 11.8 Å². The predicted molar refractivity (Wildman–Crippen MR) is 111 cm³/mol. The molecule has 0 spiro atoms. The van der Waals surface area contributed by atoms with Crippen molar-refractivity contribution >= 4 is 28.4 Å². The number of hydrogen-bond donors (Lipinski definition) is 2. The lowest BCUT2D eigenvalue weighted by atomic mass is 9.95. The Kier molecular flexibility index (Phi) is 6.01. The largest absolute Gasteiger partial charge is 0.382 e. The molecule has 2 aromatic rings. The van der Waals surface area contributed by atoms with Gasteiger partial charge < -0.3 is 10.3 Å². The zero-order valence-corrected chi connectivity index (χ0v) is 16.5. The molecule has 0 atom stereocenters. The van der Waals surface area contributed by atoms with E-state index in [1.807, 2.05) is 17.8 Å². The van der Waals surface area contributed by atoms with Crippen LogP contribution in [0.15, 0.2) is 16.9 Å². The predicted octanol–water partition coefficient (Wildman–Crippen LogP) is 5.37. The van der Waals surface area contributed by atoms with E-state index in [0.29, 0.717) is 28.4 Å². The number of anilines is 1. The SMILES string of the molecule is O=c1[nH]c(CSC2CCCCC2)nc2cc(NC3CCCCC3)cc(F)c12. The van der Waals surface area contributed by atoms with Gasteiger partial charge in [-0.05, 0) is 37.8 Å². The molecule has 0 saturated heterocycles. The van der Waals surface area contributed by atoms with Crippen LogP contribution in [0.2, 0.25) is 0 Å². The van der Waals surface area contributed by atoms with E-state index < -0.39 is 5.82 Å². The molecule has 4 rings (SSSR count). The number of aromatic nitrogens is 2. The number of benzene rings is 1. The van der Waals surface area contributed by atoms with Crippen molar-refractivity contribution < 1.29 is 4.39 Å². The van der Waals surface area contributed by atoms with Crippen LogP contribution in [0.3, 0.4) is 0 Å². The molecule has 1 aromatic heterocycles. The lowest BCUT2D eigenvalue weighted by Gasteiger charge is -2.24. The molecule has 4 nitrogen and oxygen atoms in total. The first-order valence-corrected chi connectivity index (χ1v) is 11.3. The highest BCUT2D eigenvalue weighted by Crippen LogP contribution is 2.30. The van der Waals surface area contributed by atoms with Crippen LogP contribution in [-0.4, -0.2) is 21.3 Å². The molecule has 27 heavy (non-hydrogen) atoms. The monoisotopic (exact) mass is 389 g/mol. The van der Waals surface area contributed by atoms with Crippen molar-refractivity contribution in [1.29, 1.82) is 0 Å². The number of hydrogen-bond acceptors (Lipinski definition) is 4. The van der Waals surface area contributed by atoms with E-state index in [9.17, 15) is 9.18 Å². The molecule has 0 amide bonds. The van der Waals surface area contributed by atoms with Gasteiger partial charge in [0.05, 0.1) is 11.3 Å². The van der Waals surface area contributed by atoms with Crippen molar-refractivity contribution in [2.24, 2.45) is 0 Å². The summed E-state index contributed by atoms with van der Waals surface area (Å²) in [6, 6.07) is 3.65.